The van der Waals surface area contributed by atoms with E-state index in [0.29, 0.717) is 18.6 Å². The topological polar surface area (TPSA) is 105 Å². The highest BCUT2D eigenvalue weighted by Gasteiger charge is 2.57. The summed E-state index contributed by atoms with van der Waals surface area (Å²) in [4.78, 5) is 48.9. The number of fused-ring (bicyclic) bond motifs is 1. The van der Waals surface area contributed by atoms with Crippen LogP contribution in [0, 0.1) is 0 Å². The van der Waals surface area contributed by atoms with E-state index in [2.05, 4.69) is 10.6 Å². The number of amides is 3. The molecule has 27 heavy (non-hydrogen) atoms. The fraction of sp³-hybridized carbons (Fsp3) is 0.444. The zero-order valence-electron chi connectivity index (χ0n) is 14.9. The quantitative estimate of drug-likeness (QED) is 0.661. The third-order valence-electron chi connectivity index (χ3n) is 4.69. The summed E-state index contributed by atoms with van der Waals surface area (Å²) >= 11 is 1.56. The number of hydrogen-bond donors (Lipinski definition) is 2. The van der Waals surface area contributed by atoms with Crippen LogP contribution in [0.5, 0.6) is 0 Å². The molecule has 2 N–H and O–H groups in total. The van der Waals surface area contributed by atoms with Gasteiger partial charge in [-0.15, -0.1) is 11.8 Å². The fourth-order valence-corrected chi connectivity index (χ4v) is 5.00. The standard InChI is InChI=1S/C18H21N3O5S/c1-19-14(22)9-20-15(23)10-26-17(25)13-11-27-18(8-7-16(24)21(13)18)12-5-3-2-4-6-12/h2-6,13H,7-11H2,1H3,(H,19,22)(H,20,23)/t13-,18-/m0/s1. The van der Waals surface area contributed by atoms with Crippen molar-refractivity contribution in [2.24, 2.45) is 0 Å². The number of nitrogens with zero attached hydrogens (tertiary/aromatic N) is 1. The SMILES string of the molecule is CNC(=O)CNC(=O)COC(=O)[C@@H]1CS[C@]2(c3ccccc3)CCC(=O)N12. The van der Waals surface area contributed by atoms with Gasteiger partial charge in [-0.2, -0.15) is 0 Å². The molecule has 2 fully saturated rings. The second kappa shape index (κ2) is 7.99. The van der Waals surface area contributed by atoms with Gasteiger partial charge in [0.2, 0.25) is 11.8 Å². The number of carbonyl (C=O) groups excluding carboxylic acids is 4. The molecule has 3 amide bonds. The molecule has 8 nitrogen and oxygen atoms in total. The molecule has 144 valence electrons. The van der Waals surface area contributed by atoms with Gasteiger partial charge in [0, 0.05) is 19.2 Å². The van der Waals surface area contributed by atoms with Crippen LogP contribution in [0.25, 0.3) is 0 Å². The fourth-order valence-electron chi connectivity index (χ4n) is 3.37. The van der Waals surface area contributed by atoms with E-state index in [1.54, 1.807) is 16.7 Å². The Morgan fingerprint density at radius 3 is 2.70 bits per heavy atom. The number of carbonyl (C=O) groups is 4. The van der Waals surface area contributed by atoms with Crippen LogP contribution in [0.15, 0.2) is 30.3 Å². The van der Waals surface area contributed by atoms with Gasteiger partial charge >= 0.3 is 5.97 Å². The van der Waals surface area contributed by atoms with Gasteiger partial charge in [-0.05, 0) is 12.0 Å². The average Bonchev–Trinajstić information content (AvgIpc) is 3.24. The van der Waals surface area contributed by atoms with Crippen molar-refractivity contribution in [3.05, 3.63) is 35.9 Å². The number of benzene rings is 1. The first kappa shape index (κ1) is 19.2. The van der Waals surface area contributed by atoms with Gasteiger partial charge < -0.3 is 20.3 Å². The van der Waals surface area contributed by atoms with E-state index < -0.39 is 29.4 Å². The number of esters is 1. The van der Waals surface area contributed by atoms with Crippen LogP contribution in [0.3, 0.4) is 0 Å². The molecule has 9 heteroatoms. The van der Waals surface area contributed by atoms with Crippen molar-refractivity contribution in [3.63, 3.8) is 0 Å². The van der Waals surface area contributed by atoms with Crippen LogP contribution >= 0.6 is 11.8 Å². The average molecular weight is 391 g/mol. The third-order valence-corrected chi connectivity index (χ3v) is 6.29. The minimum atomic E-state index is -0.725. The van der Waals surface area contributed by atoms with E-state index in [1.165, 1.54) is 7.05 Å². The predicted molar refractivity (Wildman–Crippen MR) is 98.5 cm³/mol. The van der Waals surface area contributed by atoms with Gasteiger partial charge in [0.25, 0.3) is 5.91 Å². The Kier molecular flexibility index (Phi) is 5.69. The van der Waals surface area contributed by atoms with Crippen molar-refractivity contribution in [1.29, 1.82) is 0 Å². The smallest absolute Gasteiger partial charge is 0.330 e. The highest BCUT2D eigenvalue weighted by Crippen LogP contribution is 2.54. The zero-order valence-corrected chi connectivity index (χ0v) is 15.7. The number of thioether (sulfide) groups is 1. The Morgan fingerprint density at radius 1 is 1.26 bits per heavy atom. The lowest BCUT2D eigenvalue weighted by Gasteiger charge is -2.33. The summed E-state index contributed by atoms with van der Waals surface area (Å²) in [7, 11) is 1.46. The summed E-state index contributed by atoms with van der Waals surface area (Å²) in [5.41, 5.74) is 0.986. The molecule has 2 atom stereocenters. The maximum absolute atomic E-state index is 12.5. The van der Waals surface area contributed by atoms with Crippen LogP contribution in [0.1, 0.15) is 18.4 Å². The van der Waals surface area contributed by atoms with Crippen molar-refractivity contribution in [2.45, 2.75) is 23.8 Å². The van der Waals surface area contributed by atoms with Gasteiger partial charge in [-0.3, -0.25) is 14.4 Å². The lowest BCUT2D eigenvalue weighted by Crippen LogP contribution is -2.47. The summed E-state index contributed by atoms with van der Waals surface area (Å²) < 4.78 is 5.10. The molecule has 2 aliphatic rings. The molecular weight excluding hydrogens is 370 g/mol. The van der Waals surface area contributed by atoms with Gasteiger partial charge in [0.05, 0.1) is 6.54 Å². The summed E-state index contributed by atoms with van der Waals surface area (Å²) in [5.74, 6) is -1.20. The maximum Gasteiger partial charge on any atom is 0.330 e. The number of ether oxygens (including phenoxy) is 1. The zero-order chi connectivity index (χ0) is 19.4. The monoisotopic (exact) mass is 391 g/mol. The molecule has 2 heterocycles. The Balaban J connectivity index is 1.64. The summed E-state index contributed by atoms with van der Waals surface area (Å²) in [6.07, 6.45) is 1.01. The van der Waals surface area contributed by atoms with Crippen molar-refractivity contribution < 1.29 is 23.9 Å². The second-order valence-electron chi connectivity index (χ2n) is 6.30. The van der Waals surface area contributed by atoms with Crippen LogP contribution < -0.4 is 10.6 Å². The number of likely N-dealkylation sites (N-methyl/N-ethyl adjacent to an activating group) is 1. The van der Waals surface area contributed by atoms with Crippen molar-refractivity contribution >= 4 is 35.5 Å². The van der Waals surface area contributed by atoms with Gasteiger partial charge in [-0.1, -0.05) is 30.3 Å². The van der Waals surface area contributed by atoms with E-state index in [-0.39, 0.29) is 18.4 Å². The summed E-state index contributed by atoms with van der Waals surface area (Å²) in [6.45, 7) is -0.675. The molecule has 0 aromatic heterocycles. The first-order chi connectivity index (χ1) is 13.0. The first-order valence-corrected chi connectivity index (χ1v) is 9.62. The van der Waals surface area contributed by atoms with E-state index in [4.69, 9.17) is 4.74 Å². The molecule has 1 aromatic carbocycles. The van der Waals surface area contributed by atoms with Crippen molar-refractivity contribution in [2.75, 3.05) is 26.0 Å². The summed E-state index contributed by atoms with van der Waals surface area (Å²) in [6, 6.07) is 8.92. The second-order valence-corrected chi connectivity index (χ2v) is 7.60. The van der Waals surface area contributed by atoms with E-state index in [9.17, 15) is 19.2 Å². The highest BCUT2D eigenvalue weighted by atomic mass is 32.2. The normalized spacial score (nSPS) is 23.7. The van der Waals surface area contributed by atoms with Crippen LogP contribution in [0.4, 0.5) is 0 Å². The predicted octanol–water partition coefficient (Wildman–Crippen LogP) is -0.0174. The lowest BCUT2D eigenvalue weighted by molar-refractivity contribution is -0.156. The molecule has 1 aromatic rings. The maximum atomic E-state index is 12.5. The molecule has 0 radical (unpaired) electrons. The summed E-state index contributed by atoms with van der Waals surface area (Å²) in [5, 5.41) is 4.73. The third kappa shape index (κ3) is 3.78. The van der Waals surface area contributed by atoms with Gasteiger partial charge in [-0.25, -0.2) is 4.79 Å². The molecule has 2 aliphatic heterocycles. The number of rotatable bonds is 6. The molecule has 3 rings (SSSR count). The largest absolute Gasteiger partial charge is 0.454 e. The van der Waals surface area contributed by atoms with Crippen LogP contribution in [-0.4, -0.2) is 60.6 Å². The Bertz CT molecular complexity index is 757. The van der Waals surface area contributed by atoms with Crippen LogP contribution in [-0.2, 0) is 28.8 Å². The van der Waals surface area contributed by atoms with Crippen LogP contribution in [0.2, 0.25) is 0 Å². The highest BCUT2D eigenvalue weighted by molar-refractivity contribution is 8.00. The van der Waals surface area contributed by atoms with Crippen molar-refractivity contribution in [3.8, 4) is 0 Å². The lowest BCUT2D eigenvalue weighted by atomic mass is 10.0. The molecular formula is C18H21N3O5S. The minimum absolute atomic E-state index is 0.0881. The Labute approximate surface area is 161 Å². The number of nitrogens with one attached hydrogen (secondary N) is 2. The van der Waals surface area contributed by atoms with Gasteiger partial charge in [0.1, 0.15) is 10.9 Å². The van der Waals surface area contributed by atoms with Gasteiger partial charge in [0.15, 0.2) is 6.61 Å². The van der Waals surface area contributed by atoms with E-state index in [1.807, 2.05) is 30.3 Å². The Morgan fingerprint density at radius 2 is 2.00 bits per heavy atom. The Hall–Kier alpha value is -2.55. The molecule has 0 aliphatic carbocycles. The minimum Gasteiger partial charge on any atom is -0.454 e. The molecule has 0 bridgehead atoms. The molecule has 0 spiro atoms. The van der Waals surface area contributed by atoms with E-state index >= 15 is 0 Å². The molecule has 0 saturated carbocycles. The molecule has 0 unspecified atom stereocenters. The number of hydrogen-bond acceptors (Lipinski definition) is 6. The van der Waals surface area contributed by atoms with E-state index in [0.717, 1.165) is 5.56 Å². The first-order valence-electron chi connectivity index (χ1n) is 8.63. The van der Waals surface area contributed by atoms with Crippen molar-refractivity contribution in [1.82, 2.24) is 15.5 Å². The molecule has 2 saturated heterocycles.